The minimum Gasteiger partial charge on any atom is -0.359 e. The number of alkyl halides is 3. The molecule has 38 heavy (non-hydrogen) atoms. The van der Waals surface area contributed by atoms with Crippen LogP contribution in [-0.2, 0) is 23.8 Å². The van der Waals surface area contributed by atoms with Gasteiger partial charge in [0, 0.05) is 24.9 Å². The first kappa shape index (κ1) is 32.9. The highest BCUT2D eigenvalue weighted by Gasteiger charge is 2.32. The van der Waals surface area contributed by atoms with E-state index in [0.717, 1.165) is 37.4 Å². The van der Waals surface area contributed by atoms with Crippen LogP contribution in [0.25, 0.3) is 6.08 Å². The molecule has 0 unspecified atom stereocenters. The van der Waals surface area contributed by atoms with Crippen molar-refractivity contribution in [1.29, 1.82) is 0 Å². The van der Waals surface area contributed by atoms with Gasteiger partial charge in [0.15, 0.2) is 0 Å². The summed E-state index contributed by atoms with van der Waals surface area (Å²) in [7, 11) is 1.68. The number of hydrogen-bond acceptors (Lipinski definition) is 2. The van der Waals surface area contributed by atoms with E-state index in [1.807, 2.05) is 18.2 Å². The molecule has 7 heteroatoms. The van der Waals surface area contributed by atoms with Crippen molar-refractivity contribution < 1.29 is 18.0 Å². The Morgan fingerprint density at radius 2 is 1.71 bits per heavy atom. The fourth-order valence-electron chi connectivity index (χ4n) is 3.12. The second-order valence-electron chi connectivity index (χ2n) is 8.62. The molecule has 1 amide bonds. The number of rotatable bonds is 4. The maximum Gasteiger partial charge on any atom is 0.416 e. The van der Waals surface area contributed by atoms with Crippen LogP contribution in [0.15, 0.2) is 72.9 Å². The lowest BCUT2D eigenvalue weighted by molar-refractivity contribution is -0.138. The normalized spacial score (nSPS) is 12.2. The molecule has 0 aliphatic heterocycles. The average molecular weight is 547 g/mol. The van der Waals surface area contributed by atoms with E-state index in [4.69, 9.17) is 11.6 Å². The lowest BCUT2D eigenvalue weighted by Gasteiger charge is -2.10. The lowest BCUT2D eigenvalue weighted by Crippen LogP contribution is -2.18. The molecular formula is C31H38ClF3N2O. The topological polar surface area (TPSA) is 42.0 Å². The van der Waals surface area contributed by atoms with Gasteiger partial charge in [-0.25, -0.2) is 0 Å². The van der Waals surface area contributed by atoms with Crippen LogP contribution in [0.3, 0.4) is 0 Å². The maximum absolute atomic E-state index is 12.4. The van der Waals surface area contributed by atoms with Crippen molar-refractivity contribution in [2.45, 2.75) is 59.6 Å². The number of aromatic nitrogens is 1. The highest BCUT2D eigenvalue weighted by atomic mass is 35.5. The van der Waals surface area contributed by atoms with E-state index < -0.39 is 11.7 Å². The molecule has 1 saturated carbocycles. The second-order valence-corrected chi connectivity index (χ2v) is 9.06. The van der Waals surface area contributed by atoms with Gasteiger partial charge in [-0.1, -0.05) is 80.1 Å². The average Bonchev–Trinajstić information content (AvgIpc) is 3.77. The zero-order valence-electron chi connectivity index (χ0n) is 22.8. The highest BCUT2D eigenvalue weighted by molar-refractivity contribution is 6.30. The van der Waals surface area contributed by atoms with Crippen molar-refractivity contribution in [3.05, 3.63) is 106 Å². The molecule has 1 aliphatic carbocycles. The van der Waals surface area contributed by atoms with Crippen molar-refractivity contribution in [1.82, 2.24) is 10.3 Å². The number of hydrogen-bond donors (Lipinski definition) is 1. The Hall–Kier alpha value is -3.12. The summed E-state index contributed by atoms with van der Waals surface area (Å²) in [5.41, 5.74) is 2.76. The molecule has 1 heterocycles. The molecule has 1 fully saturated rings. The molecule has 206 valence electrons. The van der Waals surface area contributed by atoms with E-state index in [2.05, 4.69) is 48.4 Å². The number of aryl methyl sites for hydroxylation is 3. The molecule has 4 rings (SSSR count). The van der Waals surface area contributed by atoms with Crippen LogP contribution in [0.4, 0.5) is 13.2 Å². The molecule has 3 nitrogen and oxygen atoms in total. The van der Waals surface area contributed by atoms with Crippen molar-refractivity contribution in [3.63, 3.8) is 0 Å². The van der Waals surface area contributed by atoms with Crippen LogP contribution in [-0.4, -0.2) is 17.9 Å². The molecule has 0 radical (unpaired) electrons. The fourth-order valence-corrected chi connectivity index (χ4v) is 3.23. The molecule has 3 aromatic rings. The molecule has 1 aromatic heterocycles. The van der Waals surface area contributed by atoms with Gasteiger partial charge in [-0.2, -0.15) is 13.2 Å². The third kappa shape index (κ3) is 13.4. The van der Waals surface area contributed by atoms with E-state index in [1.54, 1.807) is 38.4 Å². The summed E-state index contributed by atoms with van der Waals surface area (Å²) < 4.78 is 37.3. The first-order valence-corrected chi connectivity index (χ1v) is 13.1. The second kappa shape index (κ2) is 17.4. The maximum atomic E-state index is 12.4. The van der Waals surface area contributed by atoms with Gasteiger partial charge in [-0.15, -0.1) is 0 Å². The van der Waals surface area contributed by atoms with E-state index in [1.165, 1.54) is 18.6 Å². The number of benzene rings is 2. The largest absolute Gasteiger partial charge is 0.416 e. The first-order valence-electron chi connectivity index (χ1n) is 12.7. The molecular weight excluding hydrogens is 509 g/mol. The minimum atomic E-state index is -4.26. The number of allylic oxidation sites excluding steroid dienone is 1. The predicted molar refractivity (Wildman–Crippen MR) is 152 cm³/mol. The summed E-state index contributed by atoms with van der Waals surface area (Å²) in [6.45, 7) is 7.46. The van der Waals surface area contributed by atoms with Gasteiger partial charge in [-0.05, 0) is 74.4 Å². The minimum absolute atomic E-state index is 0.208. The number of carbonyl (C=O) groups is 1. The van der Waals surface area contributed by atoms with Gasteiger partial charge in [0.1, 0.15) is 0 Å². The molecule has 0 atom stereocenters. The van der Waals surface area contributed by atoms with Gasteiger partial charge >= 0.3 is 6.18 Å². The predicted octanol–water partition coefficient (Wildman–Crippen LogP) is 8.74. The van der Waals surface area contributed by atoms with Crippen molar-refractivity contribution >= 4 is 23.6 Å². The van der Waals surface area contributed by atoms with Crippen molar-refractivity contribution in [2.24, 2.45) is 5.92 Å². The Balaban J connectivity index is 0.000000263. The number of amides is 1. The number of nitrogens with one attached hydrogen (secondary N) is 1. The Morgan fingerprint density at radius 1 is 1.05 bits per heavy atom. The van der Waals surface area contributed by atoms with Crippen LogP contribution < -0.4 is 5.32 Å². The molecule has 0 saturated heterocycles. The van der Waals surface area contributed by atoms with E-state index >= 15 is 0 Å². The fraction of sp³-hybridized carbons (Fsp3) is 0.355. The van der Waals surface area contributed by atoms with Gasteiger partial charge in [0.25, 0.3) is 0 Å². The van der Waals surface area contributed by atoms with Crippen LogP contribution in [0.2, 0.25) is 5.02 Å². The first-order chi connectivity index (χ1) is 18.0. The molecule has 2 aromatic carbocycles. The molecule has 1 N–H and O–H groups in total. The van der Waals surface area contributed by atoms with Gasteiger partial charge in [0.2, 0.25) is 5.91 Å². The zero-order chi connectivity index (χ0) is 28.6. The highest BCUT2D eigenvalue weighted by Crippen LogP contribution is 2.32. The summed E-state index contributed by atoms with van der Waals surface area (Å²) in [5.74, 6) is 0.574. The summed E-state index contributed by atoms with van der Waals surface area (Å²) in [5, 5.41) is 3.29. The quantitative estimate of drug-likeness (QED) is 0.355. The van der Waals surface area contributed by atoms with Crippen LogP contribution in [0.5, 0.6) is 0 Å². The third-order valence-electron chi connectivity index (χ3n) is 5.52. The number of nitrogens with zero attached hydrogens (tertiary/aromatic N) is 1. The van der Waals surface area contributed by atoms with E-state index in [9.17, 15) is 18.0 Å². The number of halogens is 4. The van der Waals surface area contributed by atoms with Crippen LogP contribution >= 0.6 is 11.6 Å². The summed E-state index contributed by atoms with van der Waals surface area (Å²) in [4.78, 5) is 14.5. The van der Waals surface area contributed by atoms with Gasteiger partial charge in [-0.3, -0.25) is 9.78 Å². The van der Waals surface area contributed by atoms with Crippen LogP contribution in [0.1, 0.15) is 61.6 Å². The van der Waals surface area contributed by atoms with E-state index in [-0.39, 0.29) is 11.5 Å². The van der Waals surface area contributed by atoms with Gasteiger partial charge in [0.05, 0.1) is 10.6 Å². The monoisotopic (exact) mass is 546 g/mol. The van der Waals surface area contributed by atoms with Gasteiger partial charge < -0.3 is 5.32 Å². The Morgan fingerprint density at radius 3 is 2.11 bits per heavy atom. The van der Waals surface area contributed by atoms with E-state index in [0.29, 0.717) is 16.5 Å². The smallest absolute Gasteiger partial charge is 0.359 e. The third-order valence-corrected chi connectivity index (χ3v) is 5.75. The standard InChI is InChI=1S/C11H11F3.C8H10.C7H8ClN.C5H9NO/c1-3-4-9-6-5-8(2)10(7-9)11(12,13)14;1-2-8-6-4-3-5-7-8;1-2-7-4-3-6(8)5-9-7;1-6-5(7)4-2-3-4/h3-7H,1-2H3;3-7H,2H2,1H3;3-5H,2H2,1H3;4H,2-3H2,1H3,(H,6,7)/b4-3+;;;. The lowest BCUT2D eigenvalue weighted by atomic mass is 10.0. The Labute approximate surface area is 230 Å². The number of carbonyl (C=O) groups excluding carboxylic acids is 1. The summed E-state index contributed by atoms with van der Waals surface area (Å²) in [6, 6.07) is 18.6. The van der Waals surface area contributed by atoms with Crippen molar-refractivity contribution in [2.75, 3.05) is 7.05 Å². The van der Waals surface area contributed by atoms with Crippen LogP contribution in [0, 0.1) is 12.8 Å². The van der Waals surface area contributed by atoms with Crippen molar-refractivity contribution in [3.8, 4) is 0 Å². The Bertz CT molecular complexity index is 1110. The summed E-state index contributed by atoms with van der Waals surface area (Å²) >= 11 is 5.61. The Kier molecular flexibility index (Phi) is 15.1. The zero-order valence-corrected chi connectivity index (χ0v) is 23.5. The molecule has 0 bridgehead atoms. The molecule has 0 spiro atoms. The SMILES string of the molecule is C/C=C/c1ccc(C)c(C(F)(F)F)c1.CCc1ccc(Cl)cn1.CCc1ccccc1.CNC(=O)C1CC1. The summed E-state index contributed by atoms with van der Waals surface area (Å²) in [6.07, 6.45) is 5.07. The number of pyridine rings is 1. The molecule has 1 aliphatic rings.